The number of benzene rings is 1. The molecule has 2 N–H and O–H groups in total. The molecule has 0 heterocycles. The third-order valence-corrected chi connectivity index (χ3v) is 2.56. The topological polar surface area (TPSA) is 41.5 Å². The van der Waals surface area contributed by atoms with E-state index in [2.05, 4.69) is 5.32 Å². The predicted molar refractivity (Wildman–Crippen MR) is 70.4 cm³/mol. The lowest BCUT2D eigenvalue weighted by Crippen LogP contribution is -2.41. The Bertz CT molecular complexity index is 388. The largest absolute Gasteiger partial charge is 0.494 e. The van der Waals surface area contributed by atoms with Crippen LogP contribution in [-0.2, 0) is 6.42 Å². The number of methoxy groups -OCH3 is 1. The average Bonchev–Trinajstić information content (AvgIpc) is 2.26. The maximum absolute atomic E-state index is 13.5. The smallest absolute Gasteiger partial charge is 0.165 e. The molecule has 0 bridgehead atoms. The number of aliphatic hydroxyl groups is 1. The highest BCUT2D eigenvalue weighted by atomic mass is 19.1. The first-order valence-electron chi connectivity index (χ1n) is 6.07. The fourth-order valence-electron chi connectivity index (χ4n) is 1.61. The van der Waals surface area contributed by atoms with Crippen LogP contribution in [0.4, 0.5) is 4.39 Å². The van der Waals surface area contributed by atoms with Crippen molar-refractivity contribution in [1.82, 2.24) is 5.32 Å². The highest BCUT2D eigenvalue weighted by molar-refractivity contribution is 5.29. The second kappa shape index (κ2) is 6.16. The Morgan fingerprint density at radius 1 is 1.39 bits per heavy atom. The first kappa shape index (κ1) is 14.9. The lowest BCUT2D eigenvalue weighted by molar-refractivity contribution is 0.161. The van der Waals surface area contributed by atoms with Gasteiger partial charge in [-0.3, -0.25) is 0 Å². The summed E-state index contributed by atoms with van der Waals surface area (Å²) in [7, 11) is 1.43. The van der Waals surface area contributed by atoms with Gasteiger partial charge in [0, 0.05) is 12.1 Å². The Hall–Kier alpha value is -1.13. The number of hydrogen-bond donors (Lipinski definition) is 2. The van der Waals surface area contributed by atoms with Gasteiger partial charge < -0.3 is 15.2 Å². The predicted octanol–water partition coefficient (Wildman–Crippen LogP) is 2.13. The van der Waals surface area contributed by atoms with Crippen LogP contribution in [0.5, 0.6) is 5.75 Å². The van der Waals surface area contributed by atoms with Crippen molar-refractivity contribution in [1.29, 1.82) is 0 Å². The second-order valence-corrected chi connectivity index (χ2v) is 5.46. The summed E-state index contributed by atoms with van der Waals surface area (Å²) in [5.74, 6) is -0.174. The zero-order valence-corrected chi connectivity index (χ0v) is 11.5. The summed E-state index contributed by atoms with van der Waals surface area (Å²) < 4.78 is 18.3. The molecule has 0 saturated carbocycles. The van der Waals surface area contributed by atoms with Crippen LogP contribution in [0.3, 0.4) is 0 Å². The van der Waals surface area contributed by atoms with Crippen LogP contribution in [0.15, 0.2) is 18.2 Å². The minimum absolute atomic E-state index is 0.0356. The lowest BCUT2D eigenvalue weighted by Gasteiger charge is -2.23. The molecule has 3 nitrogen and oxygen atoms in total. The number of β-amino-alcohol motifs (C(OH)–C–C–N with tert-alkyl or cyclic N) is 1. The third kappa shape index (κ3) is 5.02. The fourth-order valence-corrected chi connectivity index (χ4v) is 1.61. The van der Waals surface area contributed by atoms with Crippen LogP contribution in [0.1, 0.15) is 26.3 Å². The number of halogens is 1. The summed E-state index contributed by atoms with van der Waals surface area (Å²) >= 11 is 0. The molecule has 0 amide bonds. The minimum Gasteiger partial charge on any atom is -0.494 e. The van der Waals surface area contributed by atoms with Gasteiger partial charge in [-0.05, 0) is 44.9 Å². The zero-order valence-electron chi connectivity index (χ0n) is 11.5. The van der Waals surface area contributed by atoms with Crippen LogP contribution in [0, 0.1) is 5.82 Å². The molecular formula is C14H22FNO2. The molecule has 1 unspecified atom stereocenters. The SMILES string of the molecule is COc1ccc(CC(O)CNC(C)(C)C)cc1F. The Labute approximate surface area is 108 Å². The highest BCUT2D eigenvalue weighted by Gasteiger charge is 2.13. The first-order valence-corrected chi connectivity index (χ1v) is 6.07. The molecule has 1 rings (SSSR count). The van der Waals surface area contributed by atoms with E-state index in [0.717, 1.165) is 5.56 Å². The van der Waals surface area contributed by atoms with E-state index in [1.807, 2.05) is 20.8 Å². The van der Waals surface area contributed by atoms with Gasteiger partial charge in [-0.1, -0.05) is 6.07 Å². The molecule has 0 aliphatic carbocycles. The van der Waals surface area contributed by atoms with Gasteiger partial charge in [0.15, 0.2) is 11.6 Å². The van der Waals surface area contributed by atoms with E-state index in [-0.39, 0.29) is 11.3 Å². The zero-order chi connectivity index (χ0) is 13.8. The van der Waals surface area contributed by atoms with E-state index in [1.165, 1.54) is 13.2 Å². The van der Waals surface area contributed by atoms with Crippen molar-refractivity contribution >= 4 is 0 Å². The molecule has 0 fully saturated rings. The molecule has 1 atom stereocenters. The third-order valence-electron chi connectivity index (χ3n) is 2.56. The van der Waals surface area contributed by atoms with Crippen molar-refractivity contribution in [3.63, 3.8) is 0 Å². The van der Waals surface area contributed by atoms with E-state index in [0.29, 0.717) is 13.0 Å². The molecular weight excluding hydrogens is 233 g/mol. The standard InChI is InChI=1S/C14H22FNO2/c1-14(2,3)16-9-11(17)7-10-5-6-13(18-4)12(15)8-10/h5-6,8,11,16-17H,7,9H2,1-4H3. The maximum Gasteiger partial charge on any atom is 0.165 e. The van der Waals surface area contributed by atoms with Crippen molar-refractivity contribution < 1.29 is 14.2 Å². The van der Waals surface area contributed by atoms with Crippen LogP contribution in [-0.4, -0.2) is 30.4 Å². The van der Waals surface area contributed by atoms with Gasteiger partial charge in [-0.25, -0.2) is 4.39 Å². The van der Waals surface area contributed by atoms with Gasteiger partial charge >= 0.3 is 0 Å². The molecule has 1 aromatic carbocycles. The normalized spacial score (nSPS) is 13.4. The number of nitrogens with one attached hydrogen (secondary N) is 1. The van der Waals surface area contributed by atoms with Crippen molar-refractivity contribution in [2.24, 2.45) is 0 Å². The minimum atomic E-state index is -0.531. The van der Waals surface area contributed by atoms with E-state index in [4.69, 9.17) is 4.74 Å². The van der Waals surface area contributed by atoms with E-state index in [1.54, 1.807) is 12.1 Å². The second-order valence-electron chi connectivity index (χ2n) is 5.46. The molecule has 102 valence electrons. The van der Waals surface area contributed by atoms with E-state index >= 15 is 0 Å². The van der Waals surface area contributed by atoms with Crippen LogP contribution in [0.25, 0.3) is 0 Å². The molecule has 0 aliphatic rings. The summed E-state index contributed by atoms with van der Waals surface area (Å²) in [5, 5.41) is 13.1. The molecule has 0 spiro atoms. The van der Waals surface area contributed by atoms with Crippen LogP contribution in [0.2, 0.25) is 0 Å². The quantitative estimate of drug-likeness (QED) is 0.847. The number of hydrogen-bond acceptors (Lipinski definition) is 3. The summed E-state index contributed by atoms with van der Waals surface area (Å²) in [6, 6.07) is 4.75. The Morgan fingerprint density at radius 3 is 2.56 bits per heavy atom. The lowest BCUT2D eigenvalue weighted by atomic mass is 10.1. The Balaban J connectivity index is 2.54. The molecule has 0 saturated heterocycles. The Morgan fingerprint density at radius 2 is 2.06 bits per heavy atom. The van der Waals surface area contributed by atoms with Gasteiger partial charge in [-0.2, -0.15) is 0 Å². The molecule has 18 heavy (non-hydrogen) atoms. The Kier molecular flexibility index (Phi) is 5.11. The molecule has 0 aromatic heterocycles. The van der Waals surface area contributed by atoms with Gasteiger partial charge in [0.1, 0.15) is 0 Å². The van der Waals surface area contributed by atoms with Gasteiger partial charge in [-0.15, -0.1) is 0 Å². The summed E-state index contributed by atoms with van der Waals surface area (Å²) in [5.41, 5.74) is 0.725. The van der Waals surface area contributed by atoms with Gasteiger partial charge in [0.2, 0.25) is 0 Å². The molecule has 4 heteroatoms. The number of ether oxygens (including phenoxy) is 1. The van der Waals surface area contributed by atoms with Crippen molar-refractivity contribution in [3.8, 4) is 5.75 Å². The maximum atomic E-state index is 13.5. The number of aliphatic hydroxyl groups excluding tert-OH is 1. The average molecular weight is 255 g/mol. The summed E-state index contributed by atoms with van der Waals surface area (Å²) in [6.07, 6.45) is -0.110. The molecule has 0 radical (unpaired) electrons. The van der Waals surface area contributed by atoms with Crippen LogP contribution < -0.4 is 10.1 Å². The van der Waals surface area contributed by atoms with Crippen molar-refractivity contribution in [2.45, 2.75) is 38.8 Å². The van der Waals surface area contributed by atoms with Crippen molar-refractivity contribution in [2.75, 3.05) is 13.7 Å². The monoisotopic (exact) mass is 255 g/mol. The summed E-state index contributed by atoms with van der Waals surface area (Å²) in [6.45, 7) is 6.59. The van der Waals surface area contributed by atoms with E-state index < -0.39 is 11.9 Å². The molecule has 0 aliphatic heterocycles. The number of rotatable bonds is 5. The molecule has 1 aromatic rings. The fraction of sp³-hybridized carbons (Fsp3) is 0.571. The van der Waals surface area contributed by atoms with Gasteiger partial charge in [0.25, 0.3) is 0 Å². The van der Waals surface area contributed by atoms with Crippen molar-refractivity contribution in [3.05, 3.63) is 29.6 Å². The van der Waals surface area contributed by atoms with Gasteiger partial charge in [0.05, 0.1) is 13.2 Å². The van der Waals surface area contributed by atoms with E-state index in [9.17, 15) is 9.50 Å². The highest BCUT2D eigenvalue weighted by Crippen LogP contribution is 2.18. The first-order chi connectivity index (χ1) is 8.31. The summed E-state index contributed by atoms with van der Waals surface area (Å²) in [4.78, 5) is 0. The van der Waals surface area contributed by atoms with Crippen LogP contribution >= 0.6 is 0 Å².